The molecule has 3 aromatic rings. The molecular formula is C21H23N5O4S. The lowest BCUT2D eigenvalue weighted by Gasteiger charge is -2.26. The zero-order valence-corrected chi connectivity index (χ0v) is 18.1. The Morgan fingerprint density at radius 2 is 1.81 bits per heavy atom. The summed E-state index contributed by atoms with van der Waals surface area (Å²) in [6, 6.07) is 11.7. The van der Waals surface area contributed by atoms with Crippen LogP contribution in [0.25, 0.3) is 11.4 Å². The Labute approximate surface area is 180 Å². The molecule has 1 saturated heterocycles. The maximum atomic E-state index is 12.9. The van der Waals surface area contributed by atoms with Crippen molar-refractivity contribution in [3.63, 3.8) is 0 Å². The van der Waals surface area contributed by atoms with E-state index in [0.29, 0.717) is 48.9 Å². The van der Waals surface area contributed by atoms with Crippen molar-refractivity contribution in [1.82, 2.24) is 19.5 Å². The monoisotopic (exact) mass is 441 g/mol. The van der Waals surface area contributed by atoms with Crippen molar-refractivity contribution >= 4 is 21.6 Å². The molecule has 1 aliphatic heterocycles. The summed E-state index contributed by atoms with van der Waals surface area (Å²) in [7, 11) is -3.69. The molecule has 4 rings (SSSR count). The van der Waals surface area contributed by atoms with Crippen molar-refractivity contribution in [2.45, 2.75) is 18.7 Å². The average Bonchev–Trinajstić information content (AvgIpc) is 3.21. The number of aromatic nitrogens is 3. The van der Waals surface area contributed by atoms with E-state index in [0.717, 1.165) is 11.4 Å². The summed E-state index contributed by atoms with van der Waals surface area (Å²) in [5.41, 5.74) is 2.40. The number of carbonyl (C=O) groups is 1. The summed E-state index contributed by atoms with van der Waals surface area (Å²) < 4.78 is 32.5. The third-order valence-electron chi connectivity index (χ3n) is 5.06. The predicted molar refractivity (Wildman–Crippen MR) is 115 cm³/mol. The number of sulfonamides is 1. The van der Waals surface area contributed by atoms with Crippen LogP contribution in [0.15, 0.2) is 47.4 Å². The molecule has 0 atom stereocenters. The second-order valence-corrected chi connectivity index (χ2v) is 9.21. The first-order chi connectivity index (χ1) is 14.8. The van der Waals surface area contributed by atoms with Crippen LogP contribution in [0.3, 0.4) is 0 Å². The smallest absolute Gasteiger partial charge is 0.255 e. The molecule has 0 bridgehead atoms. The van der Waals surface area contributed by atoms with Crippen molar-refractivity contribution in [3.8, 4) is 11.4 Å². The van der Waals surface area contributed by atoms with Crippen LogP contribution < -0.4 is 5.32 Å². The molecule has 2 aromatic carbocycles. The van der Waals surface area contributed by atoms with E-state index in [2.05, 4.69) is 20.5 Å². The number of rotatable bonds is 5. The molecular weight excluding hydrogens is 418 g/mol. The summed E-state index contributed by atoms with van der Waals surface area (Å²) in [6.07, 6.45) is 0. The minimum Gasteiger partial charge on any atom is -0.379 e. The number of aromatic amines is 1. The Morgan fingerprint density at radius 1 is 1.10 bits per heavy atom. The SMILES string of the molecule is Cc1nc(-c2ccc(NC(=O)c3cc(S(=O)(=O)N4CCOCC4)ccc3C)cc2)n[nH]1. The fraction of sp³-hybridized carbons (Fsp3) is 0.286. The highest BCUT2D eigenvalue weighted by Gasteiger charge is 2.27. The van der Waals surface area contributed by atoms with Gasteiger partial charge in [-0.3, -0.25) is 9.89 Å². The first-order valence-electron chi connectivity index (χ1n) is 9.84. The van der Waals surface area contributed by atoms with Crippen molar-refractivity contribution in [2.75, 3.05) is 31.6 Å². The Bertz CT molecular complexity index is 1200. The number of benzene rings is 2. The number of nitrogens with one attached hydrogen (secondary N) is 2. The number of amides is 1. The molecule has 0 spiro atoms. The number of carbonyl (C=O) groups excluding carboxylic acids is 1. The summed E-state index contributed by atoms with van der Waals surface area (Å²) in [5, 5.41) is 9.73. The van der Waals surface area contributed by atoms with E-state index >= 15 is 0 Å². The molecule has 1 aliphatic rings. The van der Waals surface area contributed by atoms with Crippen molar-refractivity contribution < 1.29 is 17.9 Å². The van der Waals surface area contributed by atoms with Gasteiger partial charge < -0.3 is 10.1 Å². The highest BCUT2D eigenvalue weighted by atomic mass is 32.2. The van der Waals surface area contributed by atoms with Crippen LogP contribution >= 0.6 is 0 Å². The van der Waals surface area contributed by atoms with Gasteiger partial charge in [0.2, 0.25) is 10.0 Å². The summed E-state index contributed by atoms with van der Waals surface area (Å²) in [4.78, 5) is 17.3. The molecule has 2 N–H and O–H groups in total. The Hall–Kier alpha value is -3.08. The highest BCUT2D eigenvalue weighted by molar-refractivity contribution is 7.89. The second-order valence-electron chi connectivity index (χ2n) is 7.27. The van der Waals surface area contributed by atoms with Gasteiger partial charge in [0.1, 0.15) is 5.82 Å². The molecule has 9 nitrogen and oxygen atoms in total. The zero-order valence-electron chi connectivity index (χ0n) is 17.3. The number of hydrogen-bond donors (Lipinski definition) is 2. The van der Waals surface area contributed by atoms with E-state index in [1.165, 1.54) is 16.4 Å². The molecule has 1 amide bonds. The molecule has 0 saturated carbocycles. The van der Waals surface area contributed by atoms with Crippen molar-refractivity contribution in [2.24, 2.45) is 0 Å². The van der Waals surface area contributed by atoms with Gasteiger partial charge in [-0.05, 0) is 55.8 Å². The first kappa shape index (κ1) is 21.2. The molecule has 0 aliphatic carbocycles. The van der Waals surface area contributed by atoms with Gasteiger partial charge in [-0.1, -0.05) is 6.07 Å². The van der Waals surface area contributed by atoms with Crippen molar-refractivity contribution in [1.29, 1.82) is 0 Å². The van der Waals surface area contributed by atoms with Gasteiger partial charge in [0.25, 0.3) is 5.91 Å². The van der Waals surface area contributed by atoms with E-state index in [4.69, 9.17) is 4.74 Å². The molecule has 2 heterocycles. The van der Waals surface area contributed by atoms with Gasteiger partial charge in [-0.2, -0.15) is 9.40 Å². The van der Waals surface area contributed by atoms with Gasteiger partial charge >= 0.3 is 0 Å². The lowest BCUT2D eigenvalue weighted by atomic mass is 10.1. The highest BCUT2D eigenvalue weighted by Crippen LogP contribution is 2.22. The number of hydrogen-bond acceptors (Lipinski definition) is 6. The number of morpholine rings is 1. The van der Waals surface area contributed by atoms with Gasteiger partial charge in [0.05, 0.1) is 18.1 Å². The number of aryl methyl sites for hydroxylation is 2. The maximum Gasteiger partial charge on any atom is 0.255 e. The summed E-state index contributed by atoms with van der Waals surface area (Å²) in [5.74, 6) is 0.917. The standard InChI is InChI=1S/C21H23N5O4S/c1-14-3-8-18(31(28,29)26-9-11-30-12-10-26)13-19(14)21(27)23-17-6-4-16(5-7-17)20-22-15(2)24-25-20/h3-8,13H,9-12H2,1-2H3,(H,23,27)(H,22,24,25). The Balaban J connectivity index is 1.54. The van der Waals surface area contributed by atoms with Crippen LogP contribution in [0.4, 0.5) is 5.69 Å². The molecule has 1 aromatic heterocycles. The third kappa shape index (κ3) is 4.50. The maximum absolute atomic E-state index is 12.9. The summed E-state index contributed by atoms with van der Waals surface area (Å²) >= 11 is 0. The van der Waals surface area contributed by atoms with Crippen LogP contribution in [-0.4, -0.2) is 60.1 Å². The van der Waals surface area contributed by atoms with Crippen LogP contribution in [0, 0.1) is 13.8 Å². The third-order valence-corrected chi connectivity index (χ3v) is 6.95. The number of anilines is 1. The zero-order chi connectivity index (χ0) is 22.0. The number of ether oxygens (including phenoxy) is 1. The summed E-state index contributed by atoms with van der Waals surface area (Å²) in [6.45, 7) is 4.92. The Kier molecular flexibility index (Phi) is 5.86. The fourth-order valence-electron chi connectivity index (χ4n) is 3.32. The first-order valence-corrected chi connectivity index (χ1v) is 11.3. The van der Waals surface area contributed by atoms with Gasteiger partial charge in [-0.25, -0.2) is 13.4 Å². The van der Waals surface area contributed by atoms with Crippen LogP contribution in [0.2, 0.25) is 0 Å². The largest absolute Gasteiger partial charge is 0.379 e. The Morgan fingerprint density at radius 3 is 2.45 bits per heavy atom. The van der Waals surface area contributed by atoms with Gasteiger partial charge in [0.15, 0.2) is 5.82 Å². The van der Waals surface area contributed by atoms with Crippen LogP contribution in [0.5, 0.6) is 0 Å². The van der Waals surface area contributed by atoms with Crippen molar-refractivity contribution in [3.05, 3.63) is 59.4 Å². The van der Waals surface area contributed by atoms with E-state index in [1.807, 2.05) is 19.1 Å². The van der Waals surface area contributed by atoms with E-state index in [9.17, 15) is 13.2 Å². The number of nitrogens with zero attached hydrogens (tertiary/aromatic N) is 3. The van der Waals surface area contributed by atoms with E-state index in [1.54, 1.807) is 25.1 Å². The quantitative estimate of drug-likeness (QED) is 0.628. The second kappa shape index (κ2) is 8.58. The molecule has 0 unspecified atom stereocenters. The predicted octanol–water partition coefficient (Wildman–Crippen LogP) is 2.36. The average molecular weight is 442 g/mol. The lowest BCUT2D eigenvalue weighted by molar-refractivity contribution is 0.0730. The van der Waals surface area contributed by atoms with Crippen LogP contribution in [-0.2, 0) is 14.8 Å². The minimum atomic E-state index is -3.69. The normalized spacial score (nSPS) is 15.0. The number of H-pyrrole nitrogens is 1. The van der Waals surface area contributed by atoms with Gasteiger partial charge in [-0.15, -0.1) is 0 Å². The van der Waals surface area contributed by atoms with Crippen LogP contribution in [0.1, 0.15) is 21.7 Å². The topological polar surface area (TPSA) is 117 Å². The molecule has 0 radical (unpaired) electrons. The molecule has 1 fully saturated rings. The molecule has 31 heavy (non-hydrogen) atoms. The van der Waals surface area contributed by atoms with E-state index < -0.39 is 10.0 Å². The lowest BCUT2D eigenvalue weighted by Crippen LogP contribution is -2.40. The van der Waals surface area contributed by atoms with E-state index in [-0.39, 0.29) is 10.8 Å². The molecule has 162 valence electrons. The van der Waals surface area contributed by atoms with Gasteiger partial charge in [0, 0.05) is 29.9 Å². The minimum absolute atomic E-state index is 0.0977. The fourth-order valence-corrected chi connectivity index (χ4v) is 4.75. The molecule has 10 heteroatoms.